The molecular formula is C17H22N2O5. The molecule has 0 aliphatic heterocycles. The van der Waals surface area contributed by atoms with Crippen molar-refractivity contribution < 1.29 is 19.6 Å². The summed E-state index contributed by atoms with van der Waals surface area (Å²) in [5.41, 5.74) is 0.129. The third-order valence-electron chi connectivity index (χ3n) is 4.20. The summed E-state index contributed by atoms with van der Waals surface area (Å²) in [6, 6.07) is 3.31. The fraction of sp³-hybridized carbons (Fsp3) is 0.529. The number of carboxylic acids is 1. The van der Waals surface area contributed by atoms with Crippen LogP contribution in [-0.2, 0) is 10.2 Å². The maximum absolute atomic E-state index is 12.7. The van der Waals surface area contributed by atoms with Gasteiger partial charge in [0, 0.05) is 23.2 Å². The number of hydrogen-bond donors (Lipinski definition) is 1. The average molecular weight is 334 g/mol. The van der Waals surface area contributed by atoms with Crippen molar-refractivity contribution in [1.82, 2.24) is 4.90 Å². The van der Waals surface area contributed by atoms with E-state index in [2.05, 4.69) is 0 Å². The summed E-state index contributed by atoms with van der Waals surface area (Å²) in [7, 11) is 0. The Morgan fingerprint density at radius 2 is 1.92 bits per heavy atom. The van der Waals surface area contributed by atoms with Crippen molar-refractivity contribution in [3.8, 4) is 0 Å². The lowest BCUT2D eigenvalue weighted by Gasteiger charge is -2.27. The standard InChI is InChI=1S/C17H22N2O5/c1-10(16(21)22)18(12-6-7-12)15(20)11-5-8-13(17(2,3)4)14(9-11)19(23)24/h5,8-10,12H,6-7H2,1-4H3,(H,21,22). The van der Waals surface area contributed by atoms with Crippen LogP contribution in [0.1, 0.15) is 56.5 Å². The molecule has 1 N–H and O–H groups in total. The third kappa shape index (κ3) is 3.55. The molecule has 2 rings (SSSR count). The van der Waals surface area contributed by atoms with Crippen LogP contribution in [-0.4, -0.2) is 38.9 Å². The van der Waals surface area contributed by atoms with Gasteiger partial charge in [0.05, 0.1) is 4.92 Å². The van der Waals surface area contributed by atoms with Gasteiger partial charge in [-0.3, -0.25) is 14.9 Å². The molecule has 0 bridgehead atoms. The minimum Gasteiger partial charge on any atom is -0.480 e. The quantitative estimate of drug-likeness (QED) is 0.659. The zero-order valence-corrected chi connectivity index (χ0v) is 14.3. The Hall–Kier alpha value is -2.44. The van der Waals surface area contributed by atoms with Crippen LogP contribution in [0, 0.1) is 10.1 Å². The molecule has 1 aliphatic carbocycles. The first-order chi connectivity index (χ1) is 11.0. The van der Waals surface area contributed by atoms with E-state index in [0.29, 0.717) is 5.56 Å². The Morgan fingerprint density at radius 1 is 1.33 bits per heavy atom. The number of carboxylic acid groups (broad SMARTS) is 1. The highest BCUT2D eigenvalue weighted by Gasteiger charge is 2.39. The minimum atomic E-state index is -1.09. The van der Waals surface area contributed by atoms with Crippen molar-refractivity contribution in [1.29, 1.82) is 0 Å². The van der Waals surface area contributed by atoms with E-state index in [1.807, 2.05) is 20.8 Å². The summed E-state index contributed by atoms with van der Waals surface area (Å²) in [6.07, 6.45) is 1.51. The predicted molar refractivity (Wildman–Crippen MR) is 88.1 cm³/mol. The summed E-state index contributed by atoms with van der Waals surface area (Å²) >= 11 is 0. The van der Waals surface area contributed by atoms with Crippen LogP contribution in [0.15, 0.2) is 18.2 Å². The van der Waals surface area contributed by atoms with Gasteiger partial charge in [0.25, 0.3) is 11.6 Å². The molecule has 0 spiro atoms. The molecule has 0 saturated heterocycles. The molecule has 1 unspecified atom stereocenters. The highest BCUT2D eigenvalue weighted by molar-refractivity contribution is 5.97. The second kappa shape index (κ2) is 6.22. The molecule has 1 saturated carbocycles. The number of hydrogen-bond acceptors (Lipinski definition) is 4. The zero-order chi connectivity index (χ0) is 18.2. The number of aliphatic carboxylic acids is 1. The number of rotatable bonds is 5. The summed E-state index contributed by atoms with van der Waals surface area (Å²) in [6.45, 7) is 7.04. The number of carbonyl (C=O) groups excluding carboxylic acids is 1. The summed E-state index contributed by atoms with van der Waals surface area (Å²) in [5, 5.41) is 20.6. The highest BCUT2D eigenvalue weighted by Crippen LogP contribution is 2.34. The van der Waals surface area contributed by atoms with Crippen LogP contribution in [0.25, 0.3) is 0 Å². The van der Waals surface area contributed by atoms with Gasteiger partial charge in [-0.05, 0) is 31.2 Å². The smallest absolute Gasteiger partial charge is 0.326 e. The summed E-state index contributed by atoms with van der Waals surface area (Å²) in [4.78, 5) is 36.2. The van der Waals surface area contributed by atoms with E-state index < -0.39 is 28.3 Å². The van der Waals surface area contributed by atoms with Gasteiger partial charge < -0.3 is 10.0 Å². The average Bonchev–Trinajstić information content (AvgIpc) is 3.30. The molecule has 1 atom stereocenters. The second-order valence-electron chi connectivity index (χ2n) is 7.20. The summed E-state index contributed by atoms with van der Waals surface area (Å²) in [5.74, 6) is -1.56. The number of amides is 1. The lowest BCUT2D eigenvalue weighted by Crippen LogP contribution is -2.44. The molecule has 0 aromatic heterocycles. The Morgan fingerprint density at radius 3 is 2.33 bits per heavy atom. The van der Waals surface area contributed by atoms with Gasteiger partial charge in [0.1, 0.15) is 6.04 Å². The molecular weight excluding hydrogens is 312 g/mol. The van der Waals surface area contributed by atoms with E-state index in [0.717, 1.165) is 12.8 Å². The van der Waals surface area contributed by atoms with E-state index in [1.165, 1.54) is 17.9 Å². The number of carbonyl (C=O) groups is 2. The van der Waals surface area contributed by atoms with Gasteiger partial charge in [-0.1, -0.05) is 26.8 Å². The van der Waals surface area contributed by atoms with Crippen molar-refractivity contribution >= 4 is 17.6 Å². The van der Waals surface area contributed by atoms with Crippen LogP contribution in [0.3, 0.4) is 0 Å². The first kappa shape index (κ1) is 17.9. The van der Waals surface area contributed by atoms with Crippen molar-refractivity contribution in [2.45, 2.75) is 58.0 Å². The maximum atomic E-state index is 12.7. The van der Waals surface area contributed by atoms with Gasteiger partial charge in [-0.25, -0.2) is 4.79 Å². The van der Waals surface area contributed by atoms with E-state index in [9.17, 15) is 24.8 Å². The van der Waals surface area contributed by atoms with Crippen LogP contribution < -0.4 is 0 Å². The van der Waals surface area contributed by atoms with Crippen LogP contribution in [0.5, 0.6) is 0 Å². The van der Waals surface area contributed by atoms with E-state index >= 15 is 0 Å². The third-order valence-corrected chi connectivity index (χ3v) is 4.20. The molecule has 7 nitrogen and oxygen atoms in total. The number of nitrogens with zero attached hydrogens (tertiary/aromatic N) is 2. The lowest BCUT2D eigenvalue weighted by atomic mass is 9.85. The minimum absolute atomic E-state index is 0.107. The normalized spacial score (nSPS) is 15.7. The fourth-order valence-corrected chi connectivity index (χ4v) is 2.73. The predicted octanol–water partition coefficient (Wildman–Crippen LogP) is 2.97. The largest absolute Gasteiger partial charge is 0.480 e. The molecule has 1 aromatic rings. The molecule has 0 radical (unpaired) electrons. The first-order valence-corrected chi connectivity index (χ1v) is 7.88. The topological polar surface area (TPSA) is 101 Å². The van der Waals surface area contributed by atoms with Gasteiger partial charge >= 0.3 is 5.97 Å². The maximum Gasteiger partial charge on any atom is 0.326 e. The zero-order valence-electron chi connectivity index (χ0n) is 14.3. The molecule has 0 heterocycles. The molecule has 1 aromatic carbocycles. The van der Waals surface area contributed by atoms with Crippen LogP contribution >= 0.6 is 0 Å². The summed E-state index contributed by atoms with van der Waals surface area (Å²) < 4.78 is 0. The highest BCUT2D eigenvalue weighted by atomic mass is 16.6. The molecule has 24 heavy (non-hydrogen) atoms. The van der Waals surface area contributed by atoms with Gasteiger partial charge in [0.15, 0.2) is 0 Å². The van der Waals surface area contributed by atoms with Gasteiger partial charge in [-0.15, -0.1) is 0 Å². The monoisotopic (exact) mass is 334 g/mol. The van der Waals surface area contributed by atoms with Crippen molar-refractivity contribution in [2.75, 3.05) is 0 Å². The second-order valence-corrected chi connectivity index (χ2v) is 7.20. The SMILES string of the molecule is CC(C(=O)O)N(C(=O)c1ccc(C(C)(C)C)c([N+](=O)[O-])c1)C1CC1. The van der Waals surface area contributed by atoms with Crippen LogP contribution in [0.2, 0.25) is 0 Å². The number of nitro benzene ring substituents is 1. The fourth-order valence-electron chi connectivity index (χ4n) is 2.73. The molecule has 130 valence electrons. The Balaban J connectivity index is 2.44. The van der Waals surface area contributed by atoms with Gasteiger partial charge in [-0.2, -0.15) is 0 Å². The van der Waals surface area contributed by atoms with Crippen molar-refractivity contribution in [2.24, 2.45) is 0 Å². The van der Waals surface area contributed by atoms with E-state index in [-0.39, 0.29) is 17.3 Å². The molecule has 1 fully saturated rings. The van der Waals surface area contributed by atoms with Crippen molar-refractivity contribution in [3.63, 3.8) is 0 Å². The van der Waals surface area contributed by atoms with E-state index in [4.69, 9.17) is 0 Å². The Labute approximate surface area is 140 Å². The molecule has 1 amide bonds. The van der Waals surface area contributed by atoms with E-state index in [1.54, 1.807) is 12.1 Å². The van der Waals surface area contributed by atoms with Gasteiger partial charge in [0.2, 0.25) is 0 Å². The Bertz CT molecular complexity index is 689. The number of benzene rings is 1. The first-order valence-electron chi connectivity index (χ1n) is 7.88. The number of nitro groups is 1. The van der Waals surface area contributed by atoms with Crippen molar-refractivity contribution in [3.05, 3.63) is 39.4 Å². The lowest BCUT2D eigenvalue weighted by molar-refractivity contribution is -0.386. The Kier molecular flexibility index (Phi) is 4.64. The molecule has 1 aliphatic rings. The van der Waals surface area contributed by atoms with Crippen LogP contribution in [0.4, 0.5) is 5.69 Å². The molecule has 7 heteroatoms.